The largest absolute Gasteiger partial charge is 0.493 e. The Morgan fingerprint density at radius 2 is 2.00 bits per heavy atom. The molecule has 0 aliphatic heterocycles. The van der Waals surface area contributed by atoms with Crippen molar-refractivity contribution in [3.05, 3.63) is 29.8 Å². The third-order valence-electron chi connectivity index (χ3n) is 4.02. The van der Waals surface area contributed by atoms with Crippen molar-refractivity contribution in [2.75, 3.05) is 18.5 Å². The van der Waals surface area contributed by atoms with E-state index in [9.17, 15) is 4.79 Å². The molecule has 1 aromatic rings. The highest BCUT2D eigenvalue weighted by Gasteiger charge is 2.27. The molecule has 1 saturated carbocycles. The Morgan fingerprint density at radius 1 is 1.29 bits per heavy atom. The summed E-state index contributed by atoms with van der Waals surface area (Å²) in [5.74, 6) is 0.797. The van der Waals surface area contributed by atoms with Gasteiger partial charge < -0.3 is 9.64 Å². The molecule has 1 aliphatic carbocycles. The fourth-order valence-corrected chi connectivity index (χ4v) is 3.40. The van der Waals surface area contributed by atoms with Crippen molar-refractivity contribution in [1.82, 2.24) is 4.90 Å². The Hall–Kier alpha value is -1.03. The van der Waals surface area contributed by atoms with E-state index in [-0.39, 0.29) is 5.91 Å². The second kappa shape index (κ2) is 8.42. The molecule has 0 saturated heterocycles. The summed E-state index contributed by atoms with van der Waals surface area (Å²) in [6, 6.07) is 7.94. The Morgan fingerprint density at radius 3 is 2.67 bits per heavy atom. The minimum absolute atomic E-state index is 0.102. The fraction of sp³-hybridized carbons (Fsp3) is 0.588. The van der Waals surface area contributed by atoms with Crippen LogP contribution in [-0.4, -0.2) is 35.3 Å². The minimum Gasteiger partial charge on any atom is -0.493 e. The van der Waals surface area contributed by atoms with Crippen molar-refractivity contribution in [1.29, 1.82) is 0 Å². The summed E-state index contributed by atoms with van der Waals surface area (Å²) in [5.41, 5.74) is 0.686. The van der Waals surface area contributed by atoms with Crippen LogP contribution in [0.25, 0.3) is 0 Å². The van der Waals surface area contributed by atoms with Crippen molar-refractivity contribution in [3.63, 3.8) is 0 Å². The highest BCUT2D eigenvalue weighted by atomic mass is 79.9. The van der Waals surface area contributed by atoms with E-state index in [2.05, 4.69) is 15.9 Å². The fourth-order valence-electron chi connectivity index (χ4n) is 3.01. The smallest absolute Gasteiger partial charge is 0.257 e. The Labute approximate surface area is 135 Å². The number of hydrogen-bond acceptors (Lipinski definition) is 2. The third kappa shape index (κ3) is 4.22. The number of para-hydroxylation sites is 1. The van der Waals surface area contributed by atoms with Crippen molar-refractivity contribution in [2.45, 2.75) is 45.1 Å². The zero-order valence-electron chi connectivity index (χ0n) is 12.7. The van der Waals surface area contributed by atoms with Gasteiger partial charge in [-0.15, -0.1) is 0 Å². The molecule has 1 aliphatic rings. The molecule has 4 heteroatoms. The molecule has 1 amide bonds. The summed E-state index contributed by atoms with van der Waals surface area (Å²) in [4.78, 5) is 15.0. The molecular formula is C17H24BrNO2. The first-order chi connectivity index (χ1) is 10.3. The summed E-state index contributed by atoms with van der Waals surface area (Å²) in [6.07, 6.45) is 5.99. The second-order valence-electron chi connectivity index (χ2n) is 5.41. The van der Waals surface area contributed by atoms with Gasteiger partial charge in [0, 0.05) is 17.9 Å². The first kappa shape index (κ1) is 16.3. The lowest BCUT2D eigenvalue weighted by atomic mass is 9.93. The second-order valence-corrected chi connectivity index (χ2v) is 6.20. The summed E-state index contributed by atoms with van der Waals surface area (Å²) in [6.45, 7) is 3.27. The predicted molar refractivity (Wildman–Crippen MR) is 89.3 cm³/mol. The van der Waals surface area contributed by atoms with Crippen molar-refractivity contribution in [2.24, 2.45) is 0 Å². The standard InChI is InChI=1S/C17H24BrNO2/c1-2-21-16-11-7-6-10-15(16)17(20)19(13-12-18)14-8-4-3-5-9-14/h6-7,10-11,14H,2-5,8-9,12-13H2,1H3. The average molecular weight is 354 g/mol. The quantitative estimate of drug-likeness (QED) is 0.715. The lowest BCUT2D eigenvalue weighted by Gasteiger charge is -2.34. The van der Waals surface area contributed by atoms with Gasteiger partial charge in [0.05, 0.1) is 12.2 Å². The van der Waals surface area contributed by atoms with Crippen LogP contribution in [0.4, 0.5) is 0 Å². The predicted octanol–water partition coefficient (Wildman–Crippen LogP) is 4.26. The van der Waals surface area contributed by atoms with Crippen LogP contribution in [0.15, 0.2) is 24.3 Å². The number of alkyl halides is 1. The molecule has 2 rings (SSSR count). The van der Waals surface area contributed by atoms with Crippen LogP contribution >= 0.6 is 15.9 Å². The van der Waals surface area contributed by atoms with Crippen molar-refractivity contribution in [3.8, 4) is 5.75 Å². The van der Waals surface area contributed by atoms with E-state index in [4.69, 9.17) is 4.74 Å². The third-order valence-corrected chi connectivity index (χ3v) is 4.37. The zero-order chi connectivity index (χ0) is 15.1. The topological polar surface area (TPSA) is 29.5 Å². The van der Waals surface area contributed by atoms with Gasteiger partial charge in [-0.25, -0.2) is 0 Å². The maximum Gasteiger partial charge on any atom is 0.257 e. The summed E-state index contributed by atoms with van der Waals surface area (Å²) >= 11 is 3.48. The molecule has 0 heterocycles. The van der Waals surface area contributed by atoms with E-state index < -0.39 is 0 Å². The zero-order valence-corrected chi connectivity index (χ0v) is 14.3. The van der Waals surface area contributed by atoms with E-state index >= 15 is 0 Å². The van der Waals surface area contributed by atoms with Gasteiger partial charge in [-0.1, -0.05) is 47.3 Å². The van der Waals surface area contributed by atoms with Crippen LogP contribution < -0.4 is 4.74 Å². The SMILES string of the molecule is CCOc1ccccc1C(=O)N(CCBr)C1CCCCC1. The van der Waals surface area contributed by atoms with Crippen LogP contribution in [-0.2, 0) is 0 Å². The molecule has 1 fully saturated rings. The molecule has 0 atom stereocenters. The van der Waals surface area contributed by atoms with E-state index in [1.54, 1.807) is 0 Å². The van der Waals surface area contributed by atoms with Crippen LogP contribution in [0.3, 0.4) is 0 Å². The molecule has 0 radical (unpaired) electrons. The van der Waals surface area contributed by atoms with Gasteiger partial charge >= 0.3 is 0 Å². The molecular weight excluding hydrogens is 330 g/mol. The van der Waals surface area contributed by atoms with Gasteiger partial charge in [0.1, 0.15) is 5.75 Å². The first-order valence-corrected chi connectivity index (χ1v) is 8.98. The number of amides is 1. The van der Waals surface area contributed by atoms with E-state index in [0.29, 0.717) is 24.0 Å². The Bertz CT molecular complexity index is 458. The Kier molecular flexibility index (Phi) is 6.55. The molecule has 0 unspecified atom stereocenters. The Balaban J connectivity index is 2.21. The summed E-state index contributed by atoms with van der Waals surface area (Å²) < 4.78 is 5.61. The molecule has 21 heavy (non-hydrogen) atoms. The van der Waals surface area contributed by atoms with Gasteiger partial charge in [-0.05, 0) is 31.9 Å². The van der Waals surface area contributed by atoms with Crippen molar-refractivity contribution >= 4 is 21.8 Å². The van der Waals surface area contributed by atoms with Crippen LogP contribution in [0.2, 0.25) is 0 Å². The van der Waals surface area contributed by atoms with Crippen molar-refractivity contribution < 1.29 is 9.53 Å². The maximum absolute atomic E-state index is 13.0. The number of rotatable bonds is 6. The van der Waals surface area contributed by atoms with E-state index in [0.717, 1.165) is 24.7 Å². The summed E-state index contributed by atoms with van der Waals surface area (Å²) in [5, 5.41) is 0.812. The molecule has 116 valence electrons. The molecule has 1 aromatic carbocycles. The van der Waals surface area contributed by atoms with Gasteiger partial charge in [0.25, 0.3) is 5.91 Å². The first-order valence-electron chi connectivity index (χ1n) is 7.86. The lowest BCUT2D eigenvalue weighted by Crippen LogP contribution is -2.42. The number of ether oxygens (including phenoxy) is 1. The van der Waals surface area contributed by atoms with E-state index in [1.165, 1.54) is 19.3 Å². The highest BCUT2D eigenvalue weighted by Crippen LogP contribution is 2.27. The number of nitrogens with zero attached hydrogens (tertiary/aromatic N) is 1. The number of halogens is 1. The number of hydrogen-bond donors (Lipinski definition) is 0. The monoisotopic (exact) mass is 353 g/mol. The molecule has 0 bridgehead atoms. The number of carbonyl (C=O) groups excluding carboxylic acids is 1. The van der Waals surface area contributed by atoms with Crippen LogP contribution in [0.1, 0.15) is 49.4 Å². The van der Waals surface area contributed by atoms with Gasteiger partial charge in [0.15, 0.2) is 0 Å². The lowest BCUT2D eigenvalue weighted by molar-refractivity contribution is 0.0647. The molecule has 3 nitrogen and oxygen atoms in total. The number of benzene rings is 1. The highest BCUT2D eigenvalue weighted by molar-refractivity contribution is 9.09. The van der Waals surface area contributed by atoms with E-state index in [1.807, 2.05) is 36.1 Å². The average Bonchev–Trinajstić information content (AvgIpc) is 2.54. The minimum atomic E-state index is 0.102. The van der Waals surface area contributed by atoms with Crippen LogP contribution in [0, 0.1) is 0 Å². The van der Waals surface area contributed by atoms with Gasteiger partial charge in [-0.2, -0.15) is 0 Å². The van der Waals surface area contributed by atoms with Crippen LogP contribution in [0.5, 0.6) is 5.75 Å². The molecule has 0 aromatic heterocycles. The van der Waals surface area contributed by atoms with Gasteiger partial charge in [0.2, 0.25) is 0 Å². The normalized spacial score (nSPS) is 15.7. The number of carbonyl (C=O) groups is 1. The maximum atomic E-state index is 13.0. The molecule has 0 spiro atoms. The molecule has 0 N–H and O–H groups in total. The summed E-state index contributed by atoms with van der Waals surface area (Å²) in [7, 11) is 0. The van der Waals surface area contributed by atoms with Gasteiger partial charge in [-0.3, -0.25) is 4.79 Å².